The Labute approximate surface area is 106 Å². The molecule has 0 amide bonds. The molecule has 0 saturated heterocycles. The molecule has 0 heterocycles. The van der Waals surface area contributed by atoms with E-state index in [2.05, 4.69) is 13.8 Å². The molecule has 0 unspecified atom stereocenters. The highest BCUT2D eigenvalue weighted by atomic mass is 14.8. The topological polar surface area (TPSA) is 26.0 Å². The summed E-state index contributed by atoms with van der Waals surface area (Å²) in [7, 11) is 0. The van der Waals surface area contributed by atoms with Crippen molar-refractivity contribution in [2.45, 2.75) is 64.3 Å². The lowest BCUT2D eigenvalue weighted by atomic mass is 9.47. The standard InChI is InChI=1S/C16H27N/c1-15(2,17)16(3-4-16)14-12-6-10-5-11(8-12)9-13(14)7-10/h10-14H,3-9,17H2,1-2H3. The maximum Gasteiger partial charge on any atom is 0.0157 e. The van der Waals surface area contributed by atoms with Gasteiger partial charge in [-0.15, -0.1) is 0 Å². The molecule has 0 atom stereocenters. The first kappa shape index (κ1) is 10.8. The molecule has 5 aliphatic rings. The molecule has 4 bridgehead atoms. The zero-order valence-electron chi connectivity index (χ0n) is 11.4. The first-order valence-corrected chi connectivity index (χ1v) is 7.78. The molecule has 0 aromatic rings. The molecule has 0 radical (unpaired) electrons. The van der Waals surface area contributed by atoms with Crippen LogP contribution in [0.15, 0.2) is 0 Å². The first-order valence-electron chi connectivity index (χ1n) is 7.78. The molecule has 0 aromatic heterocycles. The summed E-state index contributed by atoms with van der Waals surface area (Å²) in [4.78, 5) is 0. The van der Waals surface area contributed by atoms with E-state index < -0.39 is 0 Å². The second-order valence-electron chi connectivity index (χ2n) is 8.33. The highest BCUT2D eigenvalue weighted by molar-refractivity contribution is 5.16. The average molecular weight is 233 g/mol. The van der Waals surface area contributed by atoms with Crippen molar-refractivity contribution in [2.75, 3.05) is 0 Å². The lowest BCUT2D eigenvalue weighted by Crippen LogP contribution is -2.56. The van der Waals surface area contributed by atoms with E-state index in [1.807, 2.05) is 0 Å². The Bertz CT molecular complexity index is 306. The molecule has 5 rings (SSSR count). The second kappa shape index (κ2) is 3.10. The van der Waals surface area contributed by atoms with E-state index in [1.165, 1.54) is 12.8 Å². The highest BCUT2D eigenvalue weighted by Gasteiger charge is 2.64. The molecular formula is C16H27N. The summed E-state index contributed by atoms with van der Waals surface area (Å²) in [6, 6.07) is 0. The summed E-state index contributed by atoms with van der Waals surface area (Å²) in [6.45, 7) is 4.59. The second-order valence-corrected chi connectivity index (χ2v) is 8.33. The number of hydrogen-bond donors (Lipinski definition) is 1. The predicted molar refractivity (Wildman–Crippen MR) is 70.5 cm³/mol. The van der Waals surface area contributed by atoms with E-state index in [-0.39, 0.29) is 5.54 Å². The third-order valence-corrected chi connectivity index (χ3v) is 6.94. The van der Waals surface area contributed by atoms with Gasteiger partial charge in [-0.2, -0.15) is 0 Å². The minimum absolute atomic E-state index is 0.0625. The van der Waals surface area contributed by atoms with Gasteiger partial charge in [0.2, 0.25) is 0 Å². The first-order chi connectivity index (χ1) is 7.99. The van der Waals surface area contributed by atoms with Crippen LogP contribution in [-0.2, 0) is 0 Å². The van der Waals surface area contributed by atoms with Crippen LogP contribution in [0, 0.1) is 35.0 Å². The van der Waals surface area contributed by atoms with Gasteiger partial charge < -0.3 is 5.73 Å². The summed E-state index contributed by atoms with van der Waals surface area (Å²) in [5, 5.41) is 0. The molecule has 17 heavy (non-hydrogen) atoms. The van der Waals surface area contributed by atoms with E-state index in [0.29, 0.717) is 5.41 Å². The van der Waals surface area contributed by atoms with Gasteiger partial charge in [0.25, 0.3) is 0 Å². The van der Waals surface area contributed by atoms with Crippen molar-refractivity contribution >= 4 is 0 Å². The van der Waals surface area contributed by atoms with Crippen molar-refractivity contribution in [3.05, 3.63) is 0 Å². The van der Waals surface area contributed by atoms with E-state index in [9.17, 15) is 0 Å². The van der Waals surface area contributed by atoms with Gasteiger partial charge in [-0.05, 0) is 93.8 Å². The average Bonchev–Trinajstić information content (AvgIpc) is 2.95. The summed E-state index contributed by atoms with van der Waals surface area (Å²) >= 11 is 0. The van der Waals surface area contributed by atoms with E-state index in [4.69, 9.17) is 5.73 Å². The van der Waals surface area contributed by atoms with Gasteiger partial charge >= 0.3 is 0 Å². The monoisotopic (exact) mass is 233 g/mol. The van der Waals surface area contributed by atoms with Crippen LogP contribution < -0.4 is 5.73 Å². The van der Waals surface area contributed by atoms with Crippen LogP contribution in [0.4, 0.5) is 0 Å². The van der Waals surface area contributed by atoms with Crippen LogP contribution >= 0.6 is 0 Å². The molecule has 5 saturated carbocycles. The highest BCUT2D eigenvalue weighted by Crippen LogP contribution is 2.70. The number of hydrogen-bond acceptors (Lipinski definition) is 1. The van der Waals surface area contributed by atoms with E-state index in [1.54, 1.807) is 32.1 Å². The SMILES string of the molecule is CC(C)(N)C1(C2C3CC4CC(C3)CC2C4)CC1. The van der Waals surface area contributed by atoms with Crippen molar-refractivity contribution in [1.29, 1.82) is 0 Å². The molecular weight excluding hydrogens is 206 g/mol. The molecule has 96 valence electrons. The van der Waals surface area contributed by atoms with Crippen LogP contribution in [0.3, 0.4) is 0 Å². The maximum absolute atomic E-state index is 6.56. The lowest BCUT2D eigenvalue weighted by Gasteiger charge is -2.59. The van der Waals surface area contributed by atoms with Crippen LogP contribution in [0.25, 0.3) is 0 Å². The van der Waals surface area contributed by atoms with Gasteiger partial charge in [0.15, 0.2) is 0 Å². The van der Waals surface area contributed by atoms with Gasteiger partial charge in [-0.25, -0.2) is 0 Å². The van der Waals surface area contributed by atoms with Crippen molar-refractivity contribution in [2.24, 2.45) is 40.7 Å². The Morgan fingerprint density at radius 1 is 0.882 bits per heavy atom. The molecule has 1 nitrogen and oxygen atoms in total. The van der Waals surface area contributed by atoms with E-state index >= 15 is 0 Å². The van der Waals surface area contributed by atoms with Crippen LogP contribution in [0.1, 0.15) is 58.8 Å². The van der Waals surface area contributed by atoms with Crippen LogP contribution in [-0.4, -0.2) is 5.54 Å². The zero-order valence-corrected chi connectivity index (χ0v) is 11.4. The van der Waals surface area contributed by atoms with Gasteiger partial charge in [0.05, 0.1) is 0 Å². The fraction of sp³-hybridized carbons (Fsp3) is 1.00. The zero-order chi connectivity index (χ0) is 11.8. The van der Waals surface area contributed by atoms with Gasteiger partial charge in [0, 0.05) is 5.54 Å². The summed E-state index contributed by atoms with van der Waals surface area (Å²) in [5.74, 6) is 5.30. The number of rotatable bonds is 2. The van der Waals surface area contributed by atoms with E-state index in [0.717, 1.165) is 29.6 Å². The molecule has 0 spiro atoms. The molecule has 5 aliphatic carbocycles. The Kier molecular flexibility index (Phi) is 1.98. The summed E-state index contributed by atoms with van der Waals surface area (Å²) in [5.41, 5.74) is 7.16. The molecule has 1 heteroatoms. The van der Waals surface area contributed by atoms with Crippen LogP contribution in [0.2, 0.25) is 0 Å². The summed E-state index contributed by atoms with van der Waals surface area (Å²) in [6.07, 6.45) is 10.6. The molecule has 5 fully saturated rings. The van der Waals surface area contributed by atoms with Gasteiger partial charge in [0.1, 0.15) is 0 Å². The fourth-order valence-corrected chi connectivity index (χ4v) is 6.37. The smallest absolute Gasteiger partial charge is 0.0157 e. The maximum atomic E-state index is 6.56. The quantitative estimate of drug-likeness (QED) is 0.775. The van der Waals surface area contributed by atoms with Crippen molar-refractivity contribution in [3.63, 3.8) is 0 Å². The van der Waals surface area contributed by atoms with Gasteiger partial charge in [-0.3, -0.25) is 0 Å². The largest absolute Gasteiger partial charge is 0.325 e. The molecule has 0 aliphatic heterocycles. The predicted octanol–water partition coefficient (Wildman–Crippen LogP) is 3.58. The Morgan fingerprint density at radius 3 is 1.71 bits per heavy atom. The lowest BCUT2D eigenvalue weighted by molar-refractivity contribution is -0.0827. The third kappa shape index (κ3) is 1.35. The van der Waals surface area contributed by atoms with Crippen LogP contribution in [0.5, 0.6) is 0 Å². The Morgan fingerprint density at radius 2 is 1.35 bits per heavy atom. The normalized spacial score (nSPS) is 50.6. The minimum atomic E-state index is 0.0625. The fourth-order valence-electron chi connectivity index (χ4n) is 6.37. The molecule has 2 N–H and O–H groups in total. The Balaban J connectivity index is 1.67. The van der Waals surface area contributed by atoms with Crippen molar-refractivity contribution < 1.29 is 0 Å². The number of nitrogens with two attached hydrogens (primary N) is 1. The minimum Gasteiger partial charge on any atom is -0.325 e. The van der Waals surface area contributed by atoms with Crippen molar-refractivity contribution in [1.82, 2.24) is 0 Å². The van der Waals surface area contributed by atoms with Crippen molar-refractivity contribution in [3.8, 4) is 0 Å². The third-order valence-electron chi connectivity index (χ3n) is 6.94. The Hall–Kier alpha value is -0.0400. The van der Waals surface area contributed by atoms with Gasteiger partial charge in [-0.1, -0.05) is 0 Å². The summed E-state index contributed by atoms with van der Waals surface area (Å²) < 4.78 is 0. The molecule has 0 aromatic carbocycles.